The number of carbonyl (C=O) groups excluding carboxylic acids is 1. The molecule has 1 unspecified atom stereocenters. The minimum atomic E-state index is -1.02. The van der Waals surface area contributed by atoms with Crippen molar-refractivity contribution >= 4 is 16.7 Å². The lowest BCUT2D eigenvalue weighted by molar-refractivity contribution is -0.122. The van der Waals surface area contributed by atoms with Gasteiger partial charge in [0, 0.05) is 22.9 Å². The van der Waals surface area contributed by atoms with E-state index in [-0.39, 0.29) is 18.3 Å². The van der Waals surface area contributed by atoms with E-state index in [9.17, 15) is 18.4 Å². The average Bonchev–Trinajstić information content (AvgIpc) is 2.83. The molecule has 2 heterocycles. The van der Waals surface area contributed by atoms with Gasteiger partial charge < -0.3 is 10.1 Å². The molecule has 1 N–H and O–H groups in total. The second kappa shape index (κ2) is 8.46. The number of carbonyl (C=O) groups is 1. The molecule has 0 fully saturated rings. The summed E-state index contributed by atoms with van der Waals surface area (Å²) >= 11 is 0. The smallest absolute Gasteiger partial charge is 0.275 e. The lowest BCUT2D eigenvalue weighted by Crippen LogP contribution is -2.37. The monoisotopic (exact) mass is 447 g/mol. The zero-order valence-electron chi connectivity index (χ0n) is 17.4. The molecule has 3 aromatic carbocycles. The number of amides is 1. The molecule has 1 amide bonds. The van der Waals surface area contributed by atoms with Crippen molar-refractivity contribution < 1.29 is 18.3 Å². The Kier molecular flexibility index (Phi) is 5.34. The molecule has 8 heteroatoms. The van der Waals surface area contributed by atoms with Crippen molar-refractivity contribution in [3.63, 3.8) is 0 Å². The second-order valence-corrected chi connectivity index (χ2v) is 7.78. The van der Waals surface area contributed by atoms with Crippen molar-refractivity contribution in [2.75, 3.05) is 6.61 Å². The molecule has 1 aliphatic rings. The standard InChI is InChI=1S/C25H19F2N3O3/c26-19-10-9-15(13-20(19)27)24-16-5-1-2-6-17(16)25(32)30(29-24)14-23(31)28-21-11-12-33-22-8-4-3-7-18(21)22/h1-10,13,21H,11-12,14H2,(H,28,31). The first-order valence-electron chi connectivity index (χ1n) is 10.5. The van der Waals surface area contributed by atoms with E-state index in [1.807, 2.05) is 24.3 Å². The van der Waals surface area contributed by atoms with Crippen LogP contribution in [0.1, 0.15) is 18.0 Å². The summed E-state index contributed by atoms with van der Waals surface area (Å²) in [6.07, 6.45) is 0.600. The van der Waals surface area contributed by atoms with Gasteiger partial charge in [-0.2, -0.15) is 5.10 Å². The third-order valence-corrected chi connectivity index (χ3v) is 5.65. The summed E-state index contributed by atoms with van der Waals surface area (Å²) in [7, 11) is 0. The molecule has 4 aromatic rings. The largest absolute Gasteiger partial charge is 0.493 e. The van der Waals surface area contributed by atoms with Gasteiger partial charge in [-0.1, -0.05) is 36.4 Å². The molecule has 0 radical (unpaired) electrons. The Labute approximate surface area is 187 Å². The van der Waals surface area contributed by atoms with E-state index in [2.05, 4.69) is 10.4 Å². The zero-order chi connectivity index (χ0) is 22.9. The topological polar surface area (TPSA) is 73.2 Å². The molecular formula is C25H19F2N3O3. The number of benzene rings is 3. The van der Waals surface area contributed by atoms with Gasteiger partial charge in [0.1, 0.15) is 12.3 Å². The number of rotatable bonds is 4. The first kappa shape index (κ1) is 20.8. The summed E-state index contributed by atoms with van der Waals surface area (Å²) in [6, 6.07) is 17.4. The highest BCUT2D eigenvalue weighted by molar-refractivity contribution is 5.93. The Hall–Kier alpha value is -4.07. The van der Waals surface area contributed by atoms with Crippen LogP contribution in [0.2, 0.25) is 0 Å². The van der Waals surface area contributed by atoms with Crippen LogP contribution in [0.3, 0.4) is 0 Å². The number of nitrogens with zero attached hydrogens (tertiary/aromatic N) is 2. The quantitative estimate of drug-likeness (QED) is 0.514. The van der Waals surface area contributed by atoms with Crippen LogP contribution >= 0.6 is 0 Å². The van der Waals surface area contributed by atoms with Gasteiger partial charge in [0.05, 0.1) is 23.7 Å². The highest BCUT2D eigenvalue weighted by Crippen LogP contribution is 2.31. The van der Waals surface area contributed by atoms with Crippen molar-refractivity contribution in [2.24, 2.45) is 0 Å². The Morgan fingerprint density at radius 3 is 2.61 bits per heavy atom. The number of halogens is 2. The van der Waals surface area contributed by atoms with Crippen LogP contribution in [0.25, 0.3) is 22.0 Å². The Bertz CT molecular complexity index is 1430. The van der Waals surface area contributed by atoms with Gasteiger partial charge in [0.15, 0.2) is 11.6 Å². The maximum absolute atomic E-state index is 13.9. The molecule has 0 saturated carbocycles. The van der Waals surface area contributed by atoms with Crippen LogP contribution in [0, 0.1) is 11.6 Å². The number of para-hydroxylation sites is 1. The molecule has 5 rings (SSSR count). The highest BCUT2D eigenvalue weighted by atomic mass is 19.2. The summed E-state index contributed by atoms with van der Waals surface area (Å²) in [6.45, 7) is 0.149. The van der Waals surface area contributed by atoms with Crippen LogP contribution < -0.4 is 15.6 Å². The Morgan fingerprint density at radius 1 is 1.03 bits per heavy atom. The van der Waals surface area contributed by atoms with Gasteiger partial charge in [-0.3, -0.25) is 9.59 Å². The third-order valence-electron chi connectivity index (χ3n) is 5.65. The van der Waals surface area contributed by atoms with Gasteiger partial charge in [0.2, 0.25) is 5.91 Å². The van der Waals surface area contributed by atoms with Crippen molar-refractivity contribution in [1.82, 2.24) is 15.1 Å². The fraction of sp³-hybridized carbons (Fsp3) is 0.160. The number of aromatic nitrogens is 2. The lowest BCUT2D eigenvalue weighted by atomic mass is 10.0. The molecule has 0 spiro atoms. The van der Waals surface area contributed by atoms with Crippen molar-refractivity contribution in [1.29, 1.82) is 0 Å². The molecular weight excluding hydrogens is 428 g/mol. The predicted octanol–water partition coefficient (Wildman–Crippen LogP) is 3.98. The van der Waals surface area contributed by atoms with Crippen molar-refractivity contribution in [3.8, 4) is 17.0 Å². The van der Waals surface area contributed by atoms with E-state index in [4.69, 9.17) is 4.74 Å². The zero-order valence-corrected chi connectivity index (χ0v) is 17.4. The Morgan fingerprint density at radius 2 is 1.79 bits per heavy atom. The first-order chi connectivity index (χ1) is 16.0. The summed E-state index contributed by atoms with van der Waals surface area (Å²) in [4.78, 5) is 25.9. The first-order valence-corrected chi connectivity index (χ1v) is 10.5. The fourth-order valence-electron chi connectivity index (χ4n) is 4.07. The molecule has 1 aromatic heterocycles. The average molecular weight is 447 g/mol. The minimum absolute atomic E-state index is 0.246. The number of fused-ring (bicyclic) bond motifs is 2. The van der Waals surface area contributed by atoms with Gasteiger partial charge in [-0.15, -0.1) is 0 Å². The highest BCUT2D eigenvalue weighted by Gasteiger charge is 2.23. The molecule has 0 saturated heterocycles. The summed E-state index contributed by atoms with van der Waals surface area (Å²) < 4.78 is 34.0. The van der Waals surface area contributed by atoms with Gasteiger partial charge >= 0.3 is 0 Å². The normalized spacial score (nSPS) is 15.0. The van der Waals surface area contributed by atoms with E-state index in [1.54, 1.807) is 24.3 Å². The van der Waals surface area contributed by atoms with Gasteiger partial charge in [0.25, 0.3) is 5.56 Å². The van der Waals surface area contributed by atoms with Crippen molar-refractivity contribution in [3.05, 3.63) is 94.3 Å². The van der Waals surface area contributed by atoms with Crippen LogP contribution in [-0.2, 0) is 11.3 Å². The number of nitrogens with one attached hydrogen (secondary N) is 1. The van der Waals surface area contributed by atoms with Crippen LogP contribution in [0.5, 0.6) is 5.75 Å². The van der Waals surface area contributed by atoms with Crippen LogP contribution in [0.15, 0.2) is 71.5 Å². The fourth-order valence-corrected chi connectivity index (χ4v) is 4.07. The maximum atomic E-state index is 13.9. The van der Waals surface area contributed by atoms with Crippen molar-refractivity contribution in [2.45, 2.75) is 19.0 Å². The SMILES string of the molecule is O=C(Cn1nc(-c2ccc(F)c(F)c2)c2ccccc2c1=O)NC1CCOc2ccccc21. The van der Waals surface area contributed by atoms with Gasteiger partial charge in [-0.05, 0) is 30.3 Å². The predicted molar refractivity (Wildman–Crippen MR) is 119 cm³/mol. The van der Waals surface area contributed by atoms with E-state index in [1.165, 1.54) is 6.07 Å². The molecule has 33 heavy (non-hydrogen) atoms. The molecule has 0 aliphatic carbocycles. The van der Waals surface area contributed by atoms with E-state index < -0.39 is 23.1 Å². The molecule has 1 atom stereocenters. The van der Waals surface area contributed by atoms with E-state index in [0.29, 0.717) is 29.4 Å². The number of hydrogen-bond donors (Lipinski definition) is 1. The van der Waals surface area contributed by atoms with Crippen LogP contribution in [-0.4, -0.2) is 22.3 Å². The molecule has 0 bridgehead atoms. The number of hydrogen-bond acceptors (Lipinski definition) is 4. The second-order valence-electron chi connectivity index (χ2n) is 7.78. The third kappa shape index (κ3) is 3.95. The molecule has 166 valence electrons. The summed E-state index contributed by atoms with van der Waals surface area (Å²) in [5.74, 6) is -1.67. The summed E-state index contributed by atoms with van der Waals surface area (Å²) in [5, 5.41) is 8.11. The number of ether oxygens (including phenoxy) is 1. The van der Waals surface area contributed by atoms with Crippen LogP contribution in [0.4, 0.5) is 8.78 Å². The summed E-state index contributed by atoms with van der Waals surface area (Å²) in [5.41, 5.74) is 1.02. The molecule has 6 nitrogen and oxygen atoms in total. The van der Waals surface area contributed by atoms with E-state index >= 15 is 0 Å². The van der Waals surface area contributed by atoms with Gasteiger partial charge in [-0.25, -0.2) is 13.5 Å². The Balaban J connectivity index is 1.50. The van der Waals surface area contributed by atoms with E-state index in [0.717, 1.165) is 28.1 Å². The maximum Gasteiger partial charge on any atom is 0.275 e. The molecule has 1 aliphatic heterocycles. The minimum Gasteiger partial charge on any atom is -0.493 e. The lowest BCUT2D eigenvalue weighted by Gasteiger charge is -2.26.